The van der Waals surface area contributed by atoms with Crippen LogP contribution in [0.1, 0.15) is 12.0 Å². The molecule has 1 aliphatic rings. The van der Waals surface area contributed by atoms with Crippen molar-refractivity contribution in [3.63, 3.8) is 0 Å². The van der Waals surface area contributed by atoms with E-state index in [0.29, 0.717) is 6.10 Å². The summed E-state index contributed by atoms with van der Waals surface area (Å²) in [6, 6.07) is 8.36. The number of benzene rings is 1. The van der Waals surface area contributed by atoms with Gasteiger partial charge >= 0.3 is 0 Å². The molecule has 1 aromatic rings. The van der Waals surface area contributed by atoms with E-state index in [0.717, 1.165) is 31.8 Å². The normalized spacial score (nSPS) is 20.8. The highest BCUT2D eigenvalue weighted by molar-refractivity contribution is 5.34. The molecule has 0 aliphatic carbocycles. The average molecular weight is 234 g/mol. The number of fused-ring (bicyclic) bond motifs is 1. The van der Waals surface area contributed by atoms with E-state index < -0.39 is 0 Å². The minimum absolute atomic E-state index is 0.297. The first-order chi connectivity index (χ1) is 8.15. The molecule has 17 heavy (non-hydrogen) atoms. The van der Waals surface area contributed by atoms with Gasteiger partial charge in [-0.2, -0.15) is 0 Å². The minimum Gasteiger partial charge on any atom is -0.489 e. The molecule has 0 N–H and O–H groups in total. The largest absolute Gasteiger partial charge is 0.489 e. The number of ether oxygens (including phenoxy) is 1. The third kappa shape index (κ3) is 3.45. The number of hydrogen-bond donors (Lipinski definition) is 0. The molecule has 0 aromatic heterocycles. The summed E-state index contributed by atoms with van der Waals surface area (Å²) in [5.74, 6) is 1.06. The molecule has 0 saturated heterocycles. The van der Waals surface area contributed by atoms with E-state index >= 15 is 0 Å². The third-order valence-electron chi connectivity index (χ3n) is 3.12. The summed E-state index contributed by atoms with van der Waals surface area (Å²) in [6.07, 6.45) is 1.37. The average Bonchev–Trinajstić information content (AvgIpc) is 2.43. The SMILES string of the molecule is CN(C)CCC1CN(C)Cc2ccccc2O1. The van der Waals surface area contributed by atoms with E-state index in [-0.39, 0.29) is 0 Å². The van der Waals surface area contributed by atoms with Crippen LogP contribution in [0.5, 0.6) is 5.75 Å². The first-order valence-electron chi connectivity index (χ1n) is 6.23. The second kappa shape index (κ2) is 5.52. The highest BCUT2D eigenvalue weighted by Crippen LogP contribution is 2.24. The van der Waals surface area contributed by atoms with Crippen molar-refractivity contribution < 1.29 is 4.74 Å². The summed E-state index contributed by atoms with van der Waals surface area (Å²) in [7, 11) is 6.37. The van der Waals surface area contributed by atoms with Crippen LogP contribution in [0.25, 0.3) is 0 Å². The fourth-order valence-corrected chi connectivity index (χ4v) is 2.22. The first-order valence-corrected chi connectivity index (χ1v) is 6.23. The minimum atomic E-state index is 0.297. The Kier molecular flexibility index (Phi) is 4.02. The fraction of sp³-hybridized carbons (Fsp3) is 0.571. The van der Waals surface area contributed by atoms with Gasteiger partial charge in [-0.15, -0.1) is 0 Å². The van der Waals surface area contributed by atoms with Crippen LogP contribution in [0.4, 0.5) is 0 Å². The fourth-order valence-electron chi connectivity index (χ4n) is 2.22. The molecule has 1 aromatic carbocycles. The van der Waals surface area contributed by atoms with Gasteiger partial charge in [0, 0.05) is 25.2 Å². The van der Waals surface area contributed by atoms with Crippen LogP contribution < -0.4 is 4.74 Å². The molecule has 1 unspecified atom stereocenters. The van der Waals surface area contributed by atoms with Gasteiger partial charge in [-0.1, -0.05) is 18.2 Å². The van der Waals surface area contributed by atoms with Crippen molar-refractivity contribution in [3.05, 3.63) is 29.8 Å². The molecule has 0 spiro atoms. The van der Waals surface area contributed by atoms with Crippen LogP contribution in [-0.2, 0) is 6.54 Å². The maximum absolute atomic E-state index is 6.11. The summed E-state index contributed by atoms with van der Waals surface area (Å²) in [5.41, 5.74) is 1.29. The Morgan fingerprint density at radius 1 is 1.35 bits per heavy atom. The van der Waals surface area contributed by atoms with Crippen molar-refractivity contribution in [2.75, 3.05) is 34.2 Å². The lowest BCUT2D eigenvalue weighted by Crippen LogP contribution is -2.32. The Morgan fingerprint density at radius 3 is 2.88 bits per heavy atom. The van der Waals surface area contributed by atoms with Crippen molar-refractivity contribution in [2.45, 2.75) is 19.1 Å². The molecule has 2 rings (SSSR count). The maximum Gasteiger partial charge on any atom is 0.124 e. The smallest absolute Gasteiger partial charge is 0.124 e. The number of nitrogens with zero attached hydrogens (tertiary/aromatic N) is 2. The summed E-state index contributed by atoms with van der Waals surface area (Å²) in [4.78, 5) is 4.55. The van der Waals surface area contributed by atoms with Crippen LogP contribution in [0.2, 0.25) is 0 Å². The highest BCUT2D eigenvalue weighted by Gasteiger charge is 2.20. The molecule has 1 atom stereocenters. The van der Waals surface area contributed by atoms with Crippen molar-refractivity contribution in [3.8, 4) is 5.75 Å². The highest BCUT2D eigenvalue weighted by atomic mass is 16.5. The zero-order valence-corrected chi connectivity index (χ0v) is 11.0. The molecule has 1 heterocycles. The van der Waals surface area contributed by atoms with E-state index in [9.17, 15) is 0 Å². The lowest BCUT2D eigenvalue weighted by atomic mass is 10.2. The van der Waals surface area contributed by atoms with Gasteiger partial charge in [-0.3, -0.25) is 4.90 Å². The molecule has 94 valence electrons. The third-order valence-corrected chi connectivity index (χ3v) is 3.12. The molecule has 0 fully saturated rings. The Labute approximate surface area is 104 Å². The van der Waals surface area contributed by atoms with Crippen LogP contribution >= 0.6 is 0 Å². The molecular weight excluding hydrogens is 212 g/mol. The van der Waals surface area contributed by atoms with Gasteiger partial charge in [-0.25, -0.2) is 0 Å². The van der Waals surface area contributed by atoms with E-state index in [4.69, 9.17) is 4.74 Å². The Morgan fingerprint density at radius 2 is 2.12 bits per heavy atom. The number of rotatable bonds is 3. The van der Waals surface area contributed by atoms with Gasteiger partial charge in [0.15, 0.2) is 0 Å². The number of hydrogen-bond acceptors (Lipinski definition) is 3. The zero-order chi connectivity index (χ0) is 12.3. The zero-order valence-electron chi connectivity index (χ0n) is 11.0. The van der Waals surface area contributed by atoms with Gasteiger partial charge in [0.1, 0.15) is 11.9 Å². The molecule has 0 amide bonds. The van der Waals surface area contributed by atoms with Crippen molar-refractivity contribution in [1.82, 2.24) is 9.80 Å². The van der Waals surface area contributed by atoms with Crippen LogP contribution in [0, 0.1) is 0 Å². The lowest BCUT2D eigenvalue weighted by Gasteiger charge is -2.21. The Bertz CT molecular complexity index is 365. The molecular formula is C14H22N2O. The summed E-state index contributed by atoms with van der Waals surface area (Å²) >= 11 is 0. The van der Waals surface area contributed by atoms with Crippen molar-refractivity contribution in [2.24, 2.45) is 0 Å². The molecule has 0 saturated carbocycles. The molecule has 1 aliphatic heterocycles. The standard InChI is InChI=1S/C14H22N2O/c1-15(2)9-8-13-11-16(3)10-12-6-4-5-7-14(12)17-13/h4-7,13H,8-11H2,1-3H3. The van der Waals surface area contributed by atoms with E-state index in [2.05, 4.69) is 49.1 Å². The monoisotopic (exact) mass is 234 g/mol. The van der Waals surface area contributed by atoms with Crippen LogP contribution in [-0.4, -0.2) is 50.1 Å². The van der Waals surface area contributed by atoms with Gasteiger partial charge in [0.2, 0.25) is 0 Å². The summed E-state index contributed by atoms with van der Waals surface area (Å²) in [5, 5.41) is 0. The van der Waals surface area contributed by atoms with E-state index in [1.54, 1.807) is 0 Å². The topological polar surface area (TPSA) is 15.7 Å². The molecule has 0 bridgehead atoms. The van der Waals surface area contributed by atoms with E-state index in [1.807, 2.05) is 6.07 Å². The summed E-state index contributed by atoms with van der Waals surface area (Å²) < 4.78 is 6.11. The van der Waals surface area contributed by atoms with Crippen LogP contribution in [0.3, 0.4) is 0 Å². The molecule has 3 heteroatoms. The summed E-state index contributed by atoms with van der Waals surface area (Å²) in [6.45, 7) is 3.05. The molecule has 3 nitrogen and oxygen atoms in total. The van der Waals surface area contributed by atoms with Crippen molar-refractivity contribution in [1.29, 1.82) is 0 Å². The Hall–Kier alpha value is -1.06. The van der Waals surface area contributed by atoms with Gasteiger partial charge in [0.25, 0.3) is 0 Å². The number of likely N-dealkylation sites (N-methyl/N-ethyl adjacent to an activating group) is 1. The second-order valence-electron chi connectivity index (χ2n) is 5.14. The van der Waals surface area contributed by atoms with Gasteiger partial charge < -0.3 is 9.64 Å². The predicted molar refractivity (Wildman–Crippen MR) is 70.4 cm³/mol. The lowest BCUT2D eigenvalue weighted by molar-refractivity contribution is 0.144. The quantitative estimate of drug-likeness (QED) is 0.793. The maximum atomic E-state index is 6.11. The molecule has 0 radical (unpaired) electrons. The first kappa shape index (κ1) is 12.4. The van der Waals surface area contributed by atoms with Crippen LogP contribution in [0.15, 0.2) is 24.3 Å². The Balaban J connectivity index is 2.07. The second-order valence-corrected chi connectivity index (χ2v) is 5.14. The number of para-hydroxylation sites is 1. The van der Waals surface area contributed by atoms with Crippen molar-refractivity contribution >= 4 is 0 Å². The predicted octanol–water partition coefficient (Wildman–Crippen LogP) is 1.83. The van der Waals surface area contributed by atoms with Gasteiger partial charge in [0.05, 0.1) is 0 Å². The van der Waals surface area contributed by atoms with Gasteiger partial charge in [-0.05, 0) is 33.6 Å². The van der Waals surface area contributed by atoms with E-state index in [1.165, 1.54) is 5.56 Å².